The average molecular weight is 236 g/mol. The molecule has 0 spiro atoms. The predicted octanol–water partition coefficient (Wildman–Crippen LogP) is 3.10. The molecule has 1 rings (SSSR count). The van der Waals surface area contributed by atoms with Gasteiger partial charge < -0.3 is 5.43 Å². The van der Waals surface area contributed by atoms with Gasteiger partial charge in [-0.25, -0.2) is 15.8 Å². The molecule has 1 aromatic rings. The standard InChI is InChI=1S/C13H24N4/c1-6-10(7-2)12-15-9(5)11(8(3)4)13(16-12)17-14/h8,10H,6-7,14H2,1-5H3,(H,15,16,17). The van der Waals surface area contributed by atoms with E-state index in [0.29, 0.717) is 11.8 Å². The van der Waals surface area contributed by atoms with Crippen LogP contribution >= 0.6 is 0 Å². The lowest BCUT2D eigenvalue weighted by Crippen LogP contribution is -2.16. The third kappa shape index (κ3) is 2.94. The molecule has 4 heteroatoms. The number of aryl methyl sites for hydroxylation is 1. The van der Waals surface area contributed by atoms with Crippen LogP contribution in [0, 0.1) is 6.92 Å². The van der Waals surface area contributed by atoms with E-state index in [0.717, 1.165) is 35.7 Å². The molecule has 0 aliphatic rings. The van der Waals surface area contributed by atoms with E-state index in [9.17, 15) is 0 Å². The van der Waals surface area contributed by atoms with Crippen LogP contribution in [0.4, 0.5) is 5.82 Å². The Bertz CT molecular complexity index is 370. The number of nitrogens with one attached hydrogen (secondary N) is 1. The van der Waals surface area contributed by atoms with Crippen molar-refractivity contribution < 1.29 is 0 Å². The normalized spacial score (nSPS) is 11.3. The van der Waals surface area contributed by atoms with Gasteiger partial charge in [0.15, 0.2) is 0 Å². The number of nitrogens with two attached hydrogens (primary N) is 1. The van der Waals surface area contributed by atoms with E-state index in [1.165, 1.54) is 0 Å². The lowest BCUT2D eigenvalue weighted by atomic mass is 9.99. The largest absolute Gasteiger partial charge is 0.308 e. The van der Waals surface area contributed by atoms with Crippen molar-refractivity contribution >= 4 is 5.82 Å². The second kappa shape index (κ2) is 5.96. The molecule has 0 radical (unpaired) electrons. The molecule has 0 saturated heterocycles. The average Bonchev–Trinajstić information content (AvgIpc) is 2.29. The van der Waals surface area contributed by atoms with Gasteiger partial charge in [-0.3, -0.25) is 0 Å². The predicted molar refractivity (Wildman–Crippen MR) is 72.0 cm³/mol. The van der Waals surface area contributed by atoms with E-state index in [1.807, 2.05) is 6.92 Å². The first-order valence-electron chi connectivity index (χ1n) is 6.40. The summed E-state index contributed by atoms with van der Waals surface area (Å²) in [4.78, 5) is 9.21. The number of hydrogen-bond acceptors (Lipinski definition) is 4. The fourth-order valence-corrected chi connectivity index (χ4v) is 2.24. The molecule has 1 heterocycles. The number of nitrogens with zero attached hydrogens (tertiary/aromatic N) is 2. The highest BCUT2D eigenvalue weighted by molar-refractivity contribution is 5.47. The minimum absolute atomic E-state index is 0.372. The van der Waals surface area contributed by atoms with Crippen molar-refractivity contribution in [1.82, 2.24) is 9.97 Å². The third-order valence-corrected chi connectivity index (χ3v) is 3.22. The van der Waals surface area contributed by atoms with Gasteiger partial charge in [-0.1, -0.05) is 27.7 Å². The first-order chi connectivity index (χ1) is 8.04. The number of hydrogen-bond donors (Lipinski definition) is 2. The van der Waals surface area contributed by atoms with Gasteiger partial charge in [-0.15, -0.1) is 0 Å². The van der Waals surface area contributed by atoms with Gasteiger partial charge in [-0.05, 0) is 25.7 Å². The van der Waals surface area contributed by atoms with E-state index in [-0.39, 0.29) is 0 Å². The quantitative estimate of drug-likeness (QED) is 0.609. The Hall–Kier alpha value is -1.16. The van der Waals surface area contributed by atoms with Crippen molar-refractivity contribution in [3.8, 4) is 0 Å². The van der Waals surface area contributed by atoms with E-state index in [4.69, 9.17) is 5.84 Å². The minimum atomic E-state index is 0.372. The zero-order valence-electron chi connectivity index (χ0n) is 11.5. The first kappa shape index (κ1) is 13.9. The topological polar surface area (TPSA) is 63.8 Å². The smallest absolute Gasteiger partial charge is 0.147 e. The maximum Gasteiger partial charge on any atom is 0.147 e. The Morgan fingerprint density at radius 1 is 1.18 bits per heavy atom. The minimum Gasteiger partial charge on any atom is -0.308 e. The van der Waals surface area contributed by atoms with Crippen molar-refractivity contribution in [1.29, 1.82) is 0 Å². The first-order valence-corrected chi connectivity index (χ1v) is 6.40. The molecule has 0 bridgehead atoms. The summed E-state index contributed by atoms with van der Waals surface area (Å²) in [5.41, 5.74) is 4.86. The molecule has 1 aromatic heterocycles. The lowest BCUT2D eigenvalue weighted by Gasteiger charge is -2.18. The summed E-state index contributed by atoms with van der Waals surface area (Å²) in [6.45, 7) is 10.6. The molecule has 0 atom stereocenters. The van der Waals surface area contributed by atoms with Crippen LogP contribution in [0.5, 0.6) is 0 Å². The highest BCUT2D eigenvalue weighted by Crippen LogP contribution is 2.28. The van der Waals surface area contributed by atoms with Crippen molar-refractivity contribution in [2.75, 3.05) is 5.43 Å². The molecule has 0 amide bonds. The Balaban J connectivity index is 3.26. The third-order valence-electron chi connectivity index (χ3n) is 3.22. The Morgan fingerprint density at radius 3 is 2.18 bits per heavy atom. The highest BCUT2D eigenvalue weighted by atomic mass is 15.3. The number of anilines is 1. The van der Waals surface area contributed by atoms with Gasteiger partial charge in [0.1, 0.15) is 11.6 Å². The maximum absolute atomic E-state index is 5.57. The SMILES string of the molecule is CCC(CC)c1nc(C)c(C(C)C)c(NN)n1. The summed E-state index contributed by atoms with van der Waals surface area (Å²) in [5.74, 6) is 8.04. The van der Waals surface area contributed by atoms with Crippen LogP contribution in [0.2, 0.25) is 0 Å². The van der Waals surface area contributed by atoms with Crippen LogP contribution in [0.3, 0.4) is 0 Å². The molecular weight excluding hydrogens is 212 g/mol. The van der Waals surface area contributed by atoms with E-state index in [2.05, 4.69) is 43.1 Å². The zero-order valence-corrected chi connectivity index (χ0v) is 11.5. The van der Waals surface area contributed by atoms with Crippen molar-refractivity contribution in [2.45, 2.75) is 59.3 Å². The molecule has 0 unspecified atom stereocenters. The molecule has 0 aromatic carbocycles. The number of hydrazine groups is 1. The summed E-state index contributed by atoms with van der Waals surface area (Å²) < 4.78 is 0. The molecule has 0 aliphatic carbocycles. The molecule has 4 nitrogen and oxygen atoms in total. The van der Waals surface area contributed by atoms with Crippen molar-refractivity contribution in [2.24, 2.45) is 5.84 Å². The number of nitrogen functional groups attached to an aromatic ring is 1. The molecule has 0 saturated carbocycles. The zero-order chi connectivity index (χ0) is 13.0. The van der Waals surface area contributed by atoms with Gasteiger partial charge in [-0.2, -0.15) is 0 Å². The second-order valence-electron chi connectivity index (χ2n) is 4.74. The van der Waals surface area contributed by atoms with Crippen LogP contribution in [-0.2, 0) is 0 Å². The highest BCUT2D eigenvalue weighted by Gasteiger charge is 2.17. The molecule has 17 heavy (non-hydrogen) atoms. The van der Waals surface area contributed by atoms with Gasteiger partial charge in [0.05, 0.1) is 0 Å². The van der Waals surface area contributed by atoms with E-state index < -0.39 is 0 Å². The molecule has 3 N–H and O–H groups in total. The Morgan fingerprint density at radius 2 is 1.76 bits per heavy atom. The Kier molecular flexibility index (Phi) is 4.87. The van der Waals surface area contributed by atoms with Crippen molar-refractivity contribution in [3.63, 3.8) is 0 Å². The molecule has 96 valence electrons. The fourth-order valence-electron chi connectivity index (χ4n) is 2.24. The van der Waals surface area contributed by atoms with Crippen LogP contribution in [0.25, 0.3) is 0 Å². The van der Waals surface area contributed by atoms with Gasteiger partial charge in [0, 0.05) is 17.2 Å². The lowest BCUT2D eigenvalue weighted by molar-refractivity contribution is 0.597. The van der Waals surface area contributed by atoms with E-state index >= 15 is 0 Å². The summed E-state index contributed by atoms with van der Waals surface area (Å²) in [6, 6.07) is 0. The Labute approximate surface area is 104 Å². The van der Waals surface area contributed by atoms with Gasteiger partial charge >= 0.3 is 0 Å². The summed E-state index contributed by atoms with van der Waals surface area (Å²) in [6.07, 6.45) is 2.11. The van der Waals surface area contributed by atoms with Gasteiger partial charge in [0.2, 0.25) is 0 Å². The monoisotopic (exact) mass is 236 g/mol. The molecular formula is C13H24N4. The summed E-state index contributed by atoms with van der Waals surface area (Å²) >= 11 is 0. The summed E-state index contributed by atoms with van der Waals surface area (Å²) in [5, 5.41) is 0. The van der Waals surface area contributed by atoms with Gasteiger partial charge in [0.25, 0.3) is 0 Å². The van der Waals surface area contributed by atoms with Crippen LogP contribution < -0.4 is 11.3 Å². The second-order valence-corrected chi connectivity index (χ2v) is 4.74. The van der Waals surface area contributed by atoms with Crippen LogP contribution in [0.15, 0.2) is 0 Å². The number of rotatable bonds is 5. The van der Waals surface area contributed by atoms with Crippen LogP contribution in [0.1, 0.15) is 69.5 Å². The molecule has 0 aliphatic heterocycles. The maximum atomic E-state index is 5.57. The summed E-state index contributed by atoms with van der Waals surface area (Å²) in [7, 11) is 0. The van der Waals surface area contributed by atoms with E-state index in [1.54, 1.807) is 0 Å². The fraction of sp³-hybridized carbons (Fsp3) is 0.692. The number of aromatic nitrogens is 2. The molecule has 0 fully saturated rings. The van der Waals surface area contributed by atoms with Crippen molar-refractivity contribution in [3.05, 3.63) is 17.1 Å². The van der Waals surface area contributed by atoms with Crippen LogP contribution in [-0.4, -0.2) is 9.97 Å².